The summed E-state index contributed by atoms with van der Waals surface area (Å²) in [5, 5.41) is 33.0. The van der Waals surface area contributed by atoms with Crippen molar-refractivity contribution in [3.63, 3.8) is 0 Å². The van der Waals surface area contributed by atoms with E-state index in [2.05, 4.69) is 40.3 Å². The van der Waals surface area contributed by atoms with Crippen LogP contribution in [0.15, 0.2) is 0 Å². The van der Waals surface area contributed by atoms with Crippen LogP contribution in [0.1, 0.15) is 0 Å². The summed E-state index contributed by atoms with van der Waals surface area (Å²) in [4.78, 5) is 0. The second kappa shape index (κ2) is 472. The van der Waals surface area contributed by atoms with Crippen molar-refractivity contribution in [3.8, 4) is 0 Å². The number of hydrogen-bond acceptors (Lipinski definition) is 6. The van der Waals surface area contributed by atoms with Gasteiger partial charge in [0.15, 0.2) is 0 Å². The van der Waals surface area contributed by atoms with E-state index in [0.717, 1.165) is 0 Å². The van der Waals surface area contributed by atoms with Crippen LogP contribution in [0.5, 0.6) is 0 Å². The molecule has 0 aromatic heterocycles. The van der Waals surface area contributed by atoms with Gasteiger partial charge in [0.25, 0.3) is 0 Å². The number of rotatable bonds is 0. The molecule has 6 N–H and O–H groups in total. The average Bonchev–Trinajstić information content (AvgIpc) is 2.33. The van der Waals surface area contributed by atoms with E-state index in [1.165, 1.54) is 0 Å². The minimum absolute atomic E-state index is 0. The monoisotopic (exact) mass is 350 g/mol. The van der Waals surface area contributed by atoms with E-state index < -0.39 is 0 Å². The molecule has 10 heteroatoms. The van der Waals surface area contributed by atoms with Crippen LogP contribution in [-0.4, -0.2) is 194 Å². The van der Waals surface area contributed by atoms with Gasteiger partial charge in [0.05, 0.1) is 0 Å². The SMILES string of the molecule is C=N.C=N.C=N.C=N.C=N.C=N.[Fe].[KH].[KH].[KH]. The summed E-state index contributed by atoms with van der Waals surface area (Å²) < 4.78 is 0. The quantitative estimate of drug-likeness (QED) is 0.251. The molecule has 0 aliphatic carbocycles. The third kappa shape index (κ3) is 397. The van der Waals surface area contributed by atoms with Crippen LogP contribution < -0.4 is 0 Å². The van der Waals surface area contributed by atoms with Crippen molar-refractivity contribution in [3.05, 3.63) is 0 Å². The van der Waals surface area contributed by atoms with Crippen molar-refractivity contribution < 1.29 is 17.1 Å². The minimum atomic E-state index is 0. The average molecular weight is 350 g/mol. The third-order valence-corrected chi connectivity index (χ3v) is 0. The molecule has 0 saturated heterocycles. The fourth-order valence-electron chi connectivity index (χ4n) is 0. The predicted octanol–water partition coefficient (Wildman–Crippen LogP) is -0.353. The van der Waals surface area contributed by atoms with Gasteiger partial charge in [-0.05, 0) is 40.3 Å². The van der Waals surface area contributed by atoms with Gasteiger partial charge >= 0.3 is 154 Å². The van der Waals surface area contributed by atoms with E-state index in [0.29, 0.717) is 0 Å². The Labute approximate surface area is 237 Å². The van der Waals surface area contributed by atoms with E-state index in [1.54, 1.807) is 0 Å². The molecular formula is C6H21FeK3N6. The molecule has 0 rings (SSSR count). The second-order valence-corrected chi connectivity index (χ2v) is 0. The Bertz CT molecular complexity index is 43.7. The van der Waals surface area contributed by atoms with E-state index in [-0.39, 0.29) is 171 Å². The molecule has 6 nitrogen and oxygen atoms in total. The first-order valence-electron chi connectivity index (χ1n) is 2.12. The van der Waals surface area contributed by atoms with Crippen LogP contribution in [0.3, 0.4) is 0 Å². The predicted molar refractivity (Wildman–Crippen MR) is 80.5 cm³/mol. The molecule has 0 aromatic rings. The summed E-state index contributed by atoms with van der Waals surface area (Å²) in [5.74, 6) is 0. The Balaban J connectivity index is -0.00000000321. The van der Waals surface area contributed by atoms with E-state index in [9.17, 15) is 0 Å². The van der Waals surface area contributed by atoms with Gasteiger partial charge in [0.1, 0.15) is 0 Å². The molecule has 86 valence electrons. The molecule has 0 atom stereocenters. The van der Waals surface area contributed by atoms with E-state index in [4.69, 9.17) is 32.5 Å². The van der Waals surface area contributed by atoms with Crippen molar-refractivity contribution >= 4 is 194 Å². The molecule has 0 aliphatic heterocycles. The molecule has 0 saturated carbocycles. The maximum atomic E-state index is 5.50. The number of hydrogen-bond donors (Lipinski definition) is 6. The maximum absolute atomic E-state index is 5.50. The first kappa shape index (κ1) is 74.1. The van der Waals surface area contributed by atoms with E-state index in [1.807, 2.05) is 0 Å². The Morgan fingerprint density at radius 3 is 0.312 bits per heavy atom. The molecule has 0 amide bonds. The van der Waals surface area contributed by atoms with Gasteiger partial charge < -0.3 is 32.5 Å². The van der Waals surface area contributed by atoms with Crippen molar-refractivity contribution in [2.24, 2.45) is 0 Å². The summed E-state index contributed by atoms with van der Waals surface area (Å²) in [5.41, 5.74) is 0. The first-order chi connectivity index (χ1) is 6.00. The molecular weight excluding hydrogens is 329 g/mol. The summed E-state index contributed by atoms with van der Waals surface area (Å²) in [6, 6.07) is 0. The van der Waals surface area contributed by atoms with Gasteiger partial charge in [-0.2, -0.15) is 0 Å². The molecule has 0 bridgehead atoms. The van der Waals surface area contributed by atoms with Gasteiger partial charge in [-0.1, -0.05) is 0 Å². The van der Waals surface area contributed by atoms with Gasteiger partial charge in [-0.25, -0.2) is 0 Å². The zero-order valence-corrected chi connectivity index (χ0v) is 8.70. The zero-order valence-electron chi connectivity index (χ0n) is 7.60. The van der Waals surface area contributed by atoms with E-state index >= 15 is 0 Å². The van der Waals surface area contributed by atoms with Crippen LogP contribution >= 0.6 is 0 Å². The fraction of sp³-hybridized carbons (Fsp3) is 0. The van der Waals surface area contributed by atoms with Crippen molar-refractivity contribution in [1.82, 2.24) is 0 Å². The molecule has 0 radical (unpaired) electrons. The zero-order chi connectivity index (χ0) is 12.0. The summed E-state index contributed by atoms with van der Waals surface area (Å²) in [7, 11) is 0. The third-order valence-electron chi connectivity index (χ3n) is 0. The molecule has 0 aromatic carbocycles. The summed E-state index contributed by atoms with van der Waals surface area (Å²) >= 11 is 0. The Morgan fingerprint density at radius 2 is 0.312 bits per heavy atom. The molecule has 0 aliphatic rings. The van der Waals surface area contributed by atoms with Crippen LogP contribution in [0.2, 0.25) is 0 Å². The second-order valence-electron chi connectivity index (χ2n) is 0. The van der Waals surface area contributed by atoms with Gasteiger partial charge in [-0.3, -0.25) is 0 Å². The Morgan fingerprint density at radius 1 is 0.312 bits per heavy atom. The van der Waals surface area contributed by atoms with Crippen molar-refractivity contribution in [2.45, 2.75) is 0 Å². The normalized spacial score (nSPS) is 1.50. The Kier molecular flexibility index (Phi) is 2190. The fourth-order valence-corrected chi connectivity index (χ4v) is 0. The molecule has 0 heterocycles. The first-order valence-corrected chi connectivity index (χ1v) is 2.12. The molecule has 16 heavy (non-hydrogen) atoms. The van der Waals surface area contributed by atoms with Gasteiger partial charge in [0.2, 0.25) is 0 Å². The van der Waals surface area contributed by atoms with Crippen LogP contribution in [0.25, 0.3) is 0 Å². The van der Waals surface area contributed by atoms with Crippen LogP contribution in [0.4, 0.5) is 0 Å². The summed E-state index contributed by atoms with van der Waals surface area (Å²) in [6.45, 7) is 15.0. The number of nitrogens with one attached hydrogen (secondary N) is 6. The van der Waals surface area contributed by atoms with Gasteiger partial charge in [0, 0.05) is 17.1 Å². The standard InChI is InChI=1S/6CH3N.Fe.3K.3H/c6*1-2;;;;;;;/h6*2H,1H2;;;;;;;. The van der Waals surface area contributed by atoms with Crippen molar-refractivity contribution in [2.75, 3.05) is 0 Å². The topological polar surface area (TPSA) is 143 Å². The Hall–Kier alpha value is 3.45. The van der Waals surface area contributed by atoms with Crippen LogP contribution in [-0.2, 0) is 17.1 Å². The molecule has 0 fully saturated rings. The summed E-state index contributed by atoms with van der Waals surface area (Å²) in [6.07, 6.45) is 0. The van der Waals surface area contributed by atoms with Crippen LogP contribution in [0, 0.1) is 32.5 Å². The molecule has 0 spiro atoms. The molecule has 0 unspecified atom stereocenters. The van der Waals surface area contributed by atoms with Crippen molar-refractivity contribution in [1.29, 1.82) is 32.5 Å². The van der Waals surface area contributed by atoms with Gasteiger partial charge in [-0.15, -0.1) is 0 Å².